The zero-order valence-corrected chi connectivity index (χ0v) is 13.9. The van der Waals surface area contributed by atoms with E-state index in [2.05, 4.69) is 21.2 Å². The van der Waals surface area contributed by atoms with E-state index in [9.17, 15) is 0 Å². The van der Waals surface area contributed by atoms with Crippen molar-refractivity contribution in [3.63, 3.8) is 0 Å². The molecule has 1 aromatic rings. The predicted octanol–water partition coefficient (Wildman–Crippen LogP) is 4.49. The second kappa shape index (κ2) is 6.96. The normalized spacial score (nSPS) is 16.6. The molecular formula is C15H21BrClNO. The highest BCUT2D eigenvalue weighted by Crippen LogP contribution is 2.35. The van der Waals surface area contributed by atoms with Gasteiger partial charge in [-0.3, -0.25) is 0 Å². The molecule has 1 saturated heterocycles. The van der Waals surface area contributed by atoms with Crippen LogP contribution in [0.25, 0.3) is 0 Å². The Labute approximate surface area is 129 Å². The smallest absolute Gasteiger partial charge is 0.134 e. The summed E-state index contributed by atoms with van der Waals surface area (Å²) in [5.74, 6) is 1.71. The molecule has 0 aromatic heterocycles. The maximum absolute atomic E-state index is 6.22. The van der Waals surface area contributed by atoms with Crippen molar-refractivity contribution in [1.82, 2.24) is 5.32 Å². The second-order valence-corrected chi connectivity index (χ2v) is 6.45. The fourth-order valence-electron chi connectivity index (χ4n) is 2.51. The van der Waals surface area contributed by atoms with Gasteiger partial charge < -0.3 is 10.1 Å². The second-order valence-electron chi connectivity index (χ2n) is 5.28. The quantitative estimate of drug-likeness (QED) is 0.867. The van der Waals surface area contributed by atoms with Crippen molar-refractivity contribution in [1.29, 1.82) is 0 Å². The Balaban J connectivity index is 1.92. The lowest BCUT2D eigenvalue weighted by molar-refractivity contribution is 0.250. The summed E-state index contributed by atoms with van der Waals surface area (Å²) in [5.41, 5.74) is 2.12. The summed E-state index contributed by atoms with van der Waals surface area (Å²) in [5, 5.41) is 4.21. The number of hydrogen-bond donors (Lipinski definition) is 1. The minimum atomic E-state index is 0.782. The van der Waals surface area contributed by atoms with E-state index in [1.807, 2.05) is 19.9 Å². The highest BCUT2D eigenvalue weighted by molar-refractivity contribution is 9.10. The summed E-state index contributed by atoms with van der Waals surface area (Å²) in [6.45, 7) is 7.10. The number of benzene rings is 1. The van der Waals surface area contributed by atoms with Crippen LogP contribution in [0.15, 0.2) is 10.5 Å². The third-order valence-corrected chi connectivity index (χ3v) is 5.38. The van der Waals surface area contributed by atoms with E-state index in [0.717, 1.165) is 58.4 Å². The summed E-state index contributed by atoms with van der Waals surface area (Å²) in [7, 11) is 0. The SMILES string of the molecule is Cc1cc(OCCC2CCNCC2)c(Br)c(C)c1Cl. The summed E-state index contributed by atoms with van der Waals surface area (Å²) in [6.07, 6.45) is 3.67. The molecule has 0 unspecified atom stereocenters. The monoisotopic (exact) mass is 345 g/mol. The third kappa shape index (κ3) is 3.87. The van der Waals surface area contributed by atoms with Gasteiger partial charge in [-0.15, -0.1) is 0 Å². The van der Waals surface area contributed by atoms with Crippen LogP contribution in [0.2, 0.25) is 5.02 Å². The molecule has 106 valence electrons. The summed E-state index contributed by atoms with van der Waals surface area (Å²) < 4.78 is 6.91. The molecule has 0 saturated carbocycles. The maximum atomic E-state index is 6.22. The molecule has 1 aliphatic rings. The summed E-state index contributed by atoms with van der Waals surface area (Å²) in [6, 6.07) is 2.02. The molecule has 0 aliphatic carbocycles. The molecule has 1 heterocycles. The van der Waals surface area contributed by atoms with Gasteiger partial charge in [-0.05, 0) is 85.2 Å². The van der Waals surface area contributed by atoms with E-state index >= 15 is 0 Å². The highest BCUT2D eigenvalue weighted by Gasteiger charge is 2.14. The van der Waals surface area contributed by atoms with E-state index in [1.165, 1.54) is 12.8 Å². The molecule has 0 bridgehead atoms. The number of hydrogen-bond acceptors (Lipinski definition) is 2. The van der Waals surface area contributed by atoms with Crippen molar-refractivity contribution in [3.8, 4) is 5.75 Å². The molecule has 1 N–H and O–H groups in total. The molecule has 1 aliphatic heterocycles. The Hall–Kier alpha value is -0.250. The van der Waals surface area contributed by atoms with Gasteiger partial charge >= 0.3 is 0 Å². The van der Waals surface area contributed by atoms with Gasteiger partial charge in [0, 0.05) is 5.02 Å². The zero-order valence-electron chi connectivity index (χ0n) is 11.6. The Bertz CT molecular complexity index is 444. The van der Waals surface area contributed by atoms with Crippen LogP contribution >= 0.6 is 27.5 Å². The van der Waals surface area contributed by atoms with Crippen molar-refractivity contribution in [3.05, 3.63) is 26.7 Å². The first-order valence-electron chi connectivity index (χ1n) is 6.88. The van der Waals surface area contributed by atoms with Crippen molar-refractivity contribution in [2.45, 2.75) is 33.1 Å². The molecule has 4 heteroatoms. The number of nitrogens with one attached hydrogen (secondary N) is 1. The van der Waals surface area contributed by atoms with E-state index in [4.69, 9.17) is 16.3 Å². The Morgan fingerprint density at radius 1 is 1.37 bits per heavy atom. The fraction of sp³-hybridized carbons (Fsp3) is 0.600. The number of halogens is 2. The third-order valence-electron chi connectivity index (χ3n) is 3.81. The Morgan fingerprint density at radius 3 is 2.74 bits per heavy atom. The van der Waals surface area contributed by atoms with Gasteiger partial charge in [-0.25, -0.2) is 0 Å². The fourth-order valence-corrected chi connectivity index (χ4v) is 3.20. The Morgan fingerprint density at radius 2 is 2.05 bits per heavy atom. The van der Waals surface area contributed by atoms with E-state index < -0.39 is 0 Å². The van der Waals surface area contributed by atoms with Crippen LogP contribution < -0.4 is 10.1 Å². The molecule has 1 fully saturated rings. The molecule has 0 radical (unpaired) electrons. The average Bonchev–Trinajstić information content (AvgIpc) is 2.43. The highest BCUT2D eigenvalue weighted by atomic mass is 79.9. The molecule has 0 amide bonds. The molecule has 19 heavy (non-hydrogen) atoms. The minimum absolute atomic E-state index is 0.782. The molecule has 0 spiro atoms. The van der Waals surface area contributed by atoms with Crippen LogP contribution in [0.5, 0.6) is 5.75 Å². The van der Waals surface area contributed by atoms with Crippen LogP contribution in [0.4, 0.5) is 0 Å². The first kappa shape index (κ1) is 15.1. The first-order chi connectivity index (χ1) is 9.09. The van der Waals surface area contributed by atoms with Gasteiger partial charge in [0.2, 0.25) is 0 Å². The maximum Gasteiger partial charge on any atom is 0.134 e. The van der Waals surface area contributed by atoms with Crippen LogP contribution in [0, 0.1) is 19.8 Å². The number of rotatable bonds is 4. The van der Waals surface area contributed by atoms with Crippen LogP contribution in [-0.2, 0) is 0 Å². The standard InChI is InChI=1S/C15H21BrClNO/c1-10-9-13(14(16)11(2)15(10)17)19-8-5-12-3-6-18-7-4-12/h9,12,18H,3-8H2,1-2H3. The topological polar surface area (TPSA) is 21.3 Å². The van der Waals surface area contributed by atoms with E-state index in [1.54, 1.807) is 0 Å². The summed E-state index contributed by atoms with van der Waals surface area (Å²) in [4.78, 5) is 0. The van der Waals surface area contributed by atoms with E-state index in [0.29, 0.717) is 0 Å². The van der Waals surface area contributed by atoms with Crippen molar-refractivity contribution in [2.75, 3.05) is 19.7 Å². The van der Waals surface area contributed by atoms with Crippen molar-refractivity contribution in [2.24, 2.45) is 5.92 Å². The number of aryl methyl sites for hydroxylation is 1. The average molecular weight is 347 g/mol. The largest absolute Gasteiger partial charge is 0.492 e. The predicted molar refractivity (Wildman–Crippen MR) is 84.3 cm³/mol. The molecule has 2 nitrogen and oxygen atoms in total. The lowest BCUT2D eigenvalue weighted by atomic mass is 9.95. The molecule has 0 atom stereocenters. The first-order valence-corrected chi connectivity index (χ1v) is 8.05. The van der Waals surface area contributed by atoms with Crippen LogP contribution in [0.3, 0.4) is 0 Å². The Kier molecular flexibility index (Phi) is 5.55. The molecule has 1 aromatic carbocycles. The van der Waals surface area contributed by atoms with Gasteiger partial charge in [0.25, 0.3) is 0 Å². The van der Waals surface area contributed by atoms with E-state index in [-0.39, 0.29) is 0 Å². The molecule has 2 rings (SSSR count). The number of piperidine rings is 1. The lowest BCUT2D eigenvalue weighted by Gasteiger charge is -2.22. The van der Waals surface area contributed by atoms with Crippen LogP contribution in [-0.4, -0.2) is 19.7 Å². The van der Waals surface area contributed by atoms with Crippen molar-refractivity contribution >= 4 is 27.5 Å². The van der Waals surface area contributed by atoms with Gasteiger partial charge in [-0.1, -0.05) is 11.6 Å². The summed E-state index contributed by atoms with van der Waals surface area (Å²) >= 11 is 9.79. The van der Waals surface area contributed by atoms with Gasteiger partial charge in [0.1, 0.15) is 5.75 Å². The van der Waals surface area contributed by atoms with Crippen molar-refractivity contribution < 1.29 is 4.74 Å². The van der Waals surface area contributed by atoms with Crippen LogP contribution in [0.1, 0.15) is 30.4 Å². The van der Waals surface area contributed by atoms with Gasteiger partial charge in [0.05, 0.1) is 11.1 Å². The lowest BCUT2D eigenvalue weighted by Crippen LogP contribution is -2.28. The van der Waals surface area contributed by atoms with Gasteiger partial charge in [0.15, 0.2) is 0 Å². The number of ether oxygens (including phenoxy) is 1. The minimum Gasteiger partial charge on any atom is -0.492 e. The molecular weight excluding hydrogens is 326 g/mol. The van der Waals surface area contributed by atoms with Gasteiger partial charge in [-0.2, -0.15) is 0 Å². The zero-order chi connectivity index (χ0) is 13.8.